The number of hydrogen-bond acceptors (Lipinski definition) is 4. The molecule has 5 nitrogen and oxygen atoms in total. The van der Waals surface area contributed by atoms with Crippen molar-refractivity contribution in [1.82, 2.24) is 9.80 Å². The van der Waals surface area contributed by atoms with E-state index in [-0.39, 0.29) is 30.3 Å². The molecule has 1 fully saturated rings. The van der Waals surface area contributed by atoms with E-state index in [2.05, 4.69) is 0 Å². The van der Waals surface area contributed by atoms with Gasteiger partial charge >= 0.3 is 0 Å². The van der Waals surface area contributed by atoms with E-state index in [4.69, 9.17) is 23.2 Å². The Kier molecular flexibility index (Phi) is 6.14. The first-order chi connectivity index (χ1) is 12.8. The van der Waals surface area contributed by atoms with Crippen LogP contribution >= 0.6 is 23.2 Å². The molecule has 7 heteroatoms. The highest BCUT2D eigenvalue weighted by Gasteiger charge is 2.43. The molecule has 3 rings (SSSR count). The van der Waals surface area contributed by atoms with Crippen molar-refractivity contribution in [1.29, 1.82) is 0 Å². The highest BCUT2D eigenvalue weighted by molar-refractivity contribution is 6.41. The molecule has 0 radical (unpaired) electrons. The number of likely N-dealkylation sites (tertiary alicyclic amines) is 1. The van der Waals surface area contributed by atoms with Gasteiger partial charge in [-0.25, -0.2) is 0 Å². The molecule has 0 bridgehead atoms. The molecular formula is C20H24Cl2N2O3. The molecule has 27 heavy (non-hydrogen) atoms. The largest absolute Gasteiger partial charge is 0.396 e. The van der Waals surface area contributed by atoms with E-state index in [1.165, 1.54) is 4.90 Å². The fraction of sp³-hybridized carbons (Fsp3) is 0.500. The molecule has 2 aliphatic heterocycles. The van der Waals surface area contributed by atoms with E-state index in [9.17, 15) is 14.7 Å². The lowest BCUT2D eigenvalue weighted by Crippen LogP contribution is -2.41. The highest BCUT2D eigenvalue weighted by atomic mass is 35.5. The molecule has 0 spiro atoms. The first-order valence-corrected chi connectivity index (χ1v) is 10.0. The van der Waals surface area contributed by atoms with Gasteiger partial charge in [0.25, 0.3) is 11.8 Å². The van der Waals surface area contributed by atoms with Crippen LogP contribution in [0.5, 0.6) is 0 Å². The number of piperidine rings is 1. The van der Waals surface area contributed by atoms with Gasteiger partial charge in [0.15, 0.2) is 0 Å². The number of aliphatic hydroxyl groups is 1. The minimum atomic E-state index is -0.320. The summed E-state index contributed by atoms with van der Waals surface area (Å²) in [7, 11) is 0. The number of aliphatic hydroxyl groups excluding tert-OH is 1. The fourth-order valence-electron chi connectivity index (χ4n) is 3.74. The van der Waals surface area contributed by atoms with Gasteiger partial charge in [0, 0.05) is 36.8 Å². The third kappa shape index (κ3) is 4.00. The summed E-state index contributed by atoms with van der Waals surface area (Å²) in [6, 6.07) is 4.94. The number of nitrogens with zero attached hydrogens (tertiary/aromatic N) is 2. The van der Waals surface area contributed by atoms with E-state index in [1.807, 2.05) is 18.7 Å². The SMILES string of the molecule is CC(C)CN1C(=O)C(c2ccc(Cl)cc2Cl)=C(N2CCCC(CO)C2)C1=O. The molecule has 0 aliphatic carbocycles. The van der Waals surface area contributed by atoms with Gasteiger partial charge in [-0.05, 0) is 36.8 Å². The van der Waals surface area contributed by atoms with Crippen LogP contribution in [0.1, 0.15) is 32.3 Å². The van der Waals surface area contributed by atoms with E-state index >= 15 is 0 Å². The van der Waals surface area contributed by atoms with Gasteiger partial charge in [0.1, 0.15) is 5.70 Å². The van der Waals surface area contributed by atoms with Crippen LogP contribution in [0, 0.1) is 11.8 Å². The number of benzene rings is 1. The van der Waals surface area contributed by atoms with Gasteiger partial charge in [-0.1, -0.05) is 43.1 Å². The van der Waals surface area contributed by atoms with Crippen molar-refractivity contribution in [2.24, 2.45) is 11.8 Å². The third-order valence-corrected chi connectivity index (χ3v) is 5.53. The minimum absolute atomic E-state index is 0.0681. The maximum Gasteiger partial charge on any atom is 0.277 e. The lowest BCUT2D eigenvalue weighted by Gasteiger charge is -2.34. The maximum absolute atomic E-state index is 13.2. The molecule has 1 aromatic rings. The van der Waals surface area contributed by atoms with Crippen molar-refractivity contribution in [2.75, 3.05) is 26.2 Å². The Morgan fingerprint density at radius 2 is 1.96 bits per heavy atom. The highest BCUT2D eigenvalue weighted by Crippen LogP contribution is 2.37. The van der Waals surface area contributed by atoms with Crippen LogP contribution in [0.3, 0.4) is 0 Å². The summed E-state index contributed by atoms with van der Waals surface area (Å²) in [5, 5.41) is 10.4. The molecule has 2 amide bonds. The number of carbonyl (C=O) groups excluding carboxylic acids is 2. The molecule has 146 valence electrons. The average Bonchev–Trinajstić information content (AvgIpc) is 2.86. The number of imide groups is 1. The van der Waals surface area contributed by atoms with Crippen LogP contribution < -0.4 is 0 Å². The summed E-state index contributed by atoms with van der Waals surface area (Å²) in [6.45, 7) is 5.59. The van der Waals surface area contributed by atoms with Crippen LogP contribution in [0.25, 0.3) is 5.57 Å². The molecule has 2 heterocycles. The van der Waals surface area contributed by atoms with Crippen molar-refractivity contribution < 1.29 is 14.7 Å². The van der Waals surface area contributed by atoms with E-state index < -0.39 is 0 Å². The Balaban J connectivity index is 2.09. The van der Waals surface area contributed by atoms with Gasteiger partial charge in [-0.3, -0.25) is 14.5 Å². The Bertz CT molecular complexity index is 791. The van der Waals surface area contributed by atoms with Crippen LogP contribution in [-0.2, 0) is 9.59 Å². The summed E-state index contributed by atoms with van der Waals surface area (Å²) in [4.78, 5) is 29.6. The lowest BCUT2D eigenvalue weighted by atomic mass is 9.97. The molecule has 0 saturated carbocycles. The van der Waals surface area contributed by atoms with Crippen molar-refractivity contribution in [3.05, 3.63) is 39.5 Å². The summed E-state index contributed by atoms with van der Waals surface area (Å²) in [5.74, 6) is -0.353. The molecule has 1 saturated heterocycles. The number of hydrogen-bond donors (Lipinski definition) is 1. The monoisotopic (exact) mass is 410 g/mol. The molecule has 1 atom stereocenters. The summed E-state index contributed by atoms with van der Waals surface area (Å²) in [6.07, 6.45) is 1.77. The first-order valence-electron chi connectivity index (χ1n) is 9.25. The van der Waals surface area contributed by atoms with Crippen LogP contribution in [0.15, 0.2) is 23.9 Å². The molecular weight excluding hydrogens is 387 g/mol. The maximum atomic E-state index is 13.2. The zero-order valence-electron chi connectivity index (χ0n) is 15.5. The fourth-order valence-corrected chi connectivity index (χ4v) is 4.24. The normalized spacial score (nSPS) is 21.0. The van der Waals surface area contributed by atoms with Gasteiger partial charge in [-0.2, -0.15) is 0 Å². The molecule has 1 N–H and O–H groups in total. The predicted octanol–water partition coefficient (Wildman–Crippen LogP) is 3.43. The van der Waals surface area contributed by atoms with Crippen LogP contribution in [-0.4, -0.2) is 53.0 Å². The van der Waals surface area contributed by atoms with Crippen molar-refractivity contribution >= 4 is 40.6 Å². The summed E-state index contributed by atoms with van der Waals surface area (Å²) in [5.41, 5.74) is 1.25. The zero-order valence-corrected chi connectivity index (χ0v) is 17.1. The lowest BCUT2D eigenvalue weighted by molar-refractivity contribution is -0.138. The zero-order chi connectivity index (χ0) is 19.7. The number of carbonyl (C=O) groups is 2. The van der Waals surface area contributed by atoms with Crippen LogP contribution in [0.4, 0.5) is 0 Å². The van der Waals surface area contributed by atoms with Gasteiger partial charge in [0.2, 0.25) is 0 Å². The third-order valence-electron chi connectivity index (χ3n) is 4.99. The standard InChI is InChI=1S/C20H24Cl2N2O3/c1-12(2)9-24-19(26)17(15-6-5-14(21)8-16(15)22)18(20(24)27)23-7-3-4-13(10-23)11-25/h5-6,8,12-13,25H,3-4,7,9-11H2,1-2H3. The second-order valence-electron chi connectivity index (χ2n) is 7.60. The Hall–Kier alpha value is -1.56. The minimum Gasteiger partial charge on any atom is -0.396 e. The molecule has 2 aliphatic rings. The average molecular weight is 411 g/mol. The number of rotatable bonds is 5. The van der Waals surface area contributed by atoms with Crippen LogP contribution in [0.2, 0.25) is 10.0 Å². The summed E-state index contributed by atoms with van der Waals surface area (Å²) >= 11 is 12.4. The van der Waals surface area contributed by atoms with E-state index in [0.717, 1.165) is 12.8 Å². The van der Waals surface area contributed by atoms with E-state index in [1.54, 1.807) is 18.2 Å². The van der Waals surface area contributed by atoms with Gasteiger partial charge < -0.3 is 10.0 Å². The number of halogens is 2. The van der Waals surface area contributed by atoms with Gasteiger partial charge in [-0.15, -0.1) is 0 Å². The quantitative estimate of drug-likeness (QED) is 0.755. The topological polar surface area (TPSA) is 60.9 Å². The Morgan fingerprint density at radius 3 is 2.59 bits per heavy atom. The Morgan fingerprint density at radius 1 is 1.22 bits per heavy atom. The predicted molar refractivity (Wildman–Crippen MR) is 106 cm³/mol. The van der Waals surface area contributed by atoms with Crippen molar-refractivity contribution in [3.8, 4) is 0 Å². The second-order valence-corrected chi connectivity index (χ2v) is 8.44. The second kappa shape index (κ2) is 8.21. The summed E-state index contributed by atoms with van der Waals surface area (Å²) < 4.78 is 0. The number of amides is 2. The van der Waals surface area contributed by atoms with E-state index in [0.29, 0.717) is 46.5 Å². The molecule has 1 aromatic carbocycles. The van der Waals surface area contributed by atoms with Crippen molar-refractivity contribution in [2.45, 2.75) is 26.7 Å². The Labute approximate surface area is 169 Å². The smallest absolute Gasteiger partial charge is 0.277 e. The van der Waals surface area contributed by atoms with Gasteiger partial charge in [0.05, 0.1) is 10.6 Å². The van der Waals surface area contributed by atoms with Crippen molar-refractivity contribution in [3.63, 3.8) is 0 Å². The first kappa shape index (κ1) is 20.2. The molecule has 1 unspecified atom stereocenters. The molecule has 0 aromatic heterocycles.